The molecule has 2 aliphatic rings. The Morgan fingerprint density at radius 2 is 1.85 bits per heavy atom. The maximum absolute atomic E-state index is 13.1. The number of hydrogen-bond acceptors (Lipinski definition) is 5. The summed E-state index contributed by atoms with van der Waals surface area (Å²) >= 11 is 0. The van der Waals surface area contributed by atoms with Gasteiger partial charge in [-0.2, -0.15) is 10.3 Å². The minimum absolute atomic E-state index is 0.0495. The summed E-state index contributed by atoms with van der Waals surface area (Å²) in [6.45, 7) is 2.15. The van der Waals surface area contributed by atoms with E-state index < -0.39 is 5.91 Å². The molecule has 166 valence electrons. The van der Waals surface area contributed by atoms with E-state index in [1.54, 1.807) is 36.4 Å². The van der Waals surface area contributed by atoms with Crippen LogP contribution in [-0.4, -0.2) is 24.3 Å². The molecule has 0 atom stereocenters. The molecule has 3 aromatic carbocycles. The first-order chi connectivity index (χ1) is 16.5. The van der Waals surface area contributed by atoms with Crippen molar-refractivity contribution in [3.05, 3.63) is 94.6 Å². The van der Waals surface area contributed by atoms with Gasteiger partial charge in [-0.15, -0.1) is 0 Å². The largest absolute Gasteiger partial charge is 0.454 e. The van der Waals surface area contributed by atoms with E-state index in [4.69, 9.17) is 9.47 Å². The first kappa shape index (κ1) is 21.2. The monoisotopic (exact) mass is 449 g/mol. The van der Waals surface area contributed by atoms with Crippen molar-refractivity contribution in [1.82, 2.24) is 0 Å². The fraction of sp³-hybridized carbons (Fsp3) is 0.111. The second-order valence-electron chi connectivity index (χ2n) is 7.87. The Morgan fingerprint density at radius 3 is 2.68 bits per heavy atom. The lowest BCUT2D eigenvalue weighted by Gasteiger charge is -2.19. The van der Waals surface area contributed by atoms with Gasteiger partial charge in [0.25, 0.3) is 5.91 Å². The van der Waals surface area contributed by atoms with Gasteiger partial charge in [0.05, 0.1) is 6.54 Å². The van der Waals surface area contributed by atoms with Crippen LogP contribution in [0.25, 0.3) is 6.08 Å². The molecule has 1 amide bonds. The Hall–Kier alpha value is -4.70. The Balaban J connectivity index is 1.53. The lowest BCUT2D eigenvalue weighted by molar-refractivity contribution is -0.113. The fourth-order valence-corrected chi connectivity index (χ4v) is 3.96. The molecule has 2 aliphatic heterocycles. The molecule has 0 saturated heterocycles. The summed E-state index contributed by atoms with van der Waals surface area (Å²) in [6, 6.07) is 22.0. The van der Waals surface area contributed by atoms with Gasteiger partial charge in [-0.05, 0) is 48.4 Å². The quantitative estimate of drug-likeness (QED) is 0.330. The highest BCUT2D eigenvalue weighted by Gasteiger charge is 2.28. The molecule has 3 aromatic rings. The summed E-state index contributed by atoms with van der Waals surface area (Å²) in [6.07, 6.45) is 1.48. The second-order valence-corrected chi connectivity index (χ2v) is 7.87. The van der Waals surface area contributed by atoms with Crippen molar-refractivity contribution in [3.63, 3.8) is 0 Å². The fourth-order valence-electron chi connectivity index (χ4n) is 3.96. The molecule has 7 nitrogen and oxygen atoms in total. The first-order valence-corrected chi connectivity index (χ1v) is 10.6. The number of carbonyl (C=O) groups excluding carboxylic acids is 2. The third-order valence-corrected chi connectivity index (χ3v) is 5.67. The number of hydrogen-bond donors (Lipinski definition) is 0. The molecule has 0 N–H and O–H groups in total. The smallest absolute Gasteiger partial charge is 0.289 e. The van der Waals surface area contributed by atoms with Gasteiger partial charge in [0, 0.05) is 16.8 Å². The number of benzene rings is 3. The summed E-state index contributed by atoms with van der Waals surface area (Å²) in [7, 11) is 0. The van der Waals surface area contributed by atoms with E-state index in [0.29, 0.717) is 35.0 Å². The van der Waals surface area contributed by atoms with Crippen LogP contribution in [-0.2, 0) is 11.3 Å². The van der Waals surface area contributed by atoms with Gasteiger partial charge < -0.3 is 14.4 Å². The molecule has 5 rings (SSSR count). The maximum Gasteiger partial charge on any atom is 0.289 e. The first-order valence-electron chi connectivity index (χ1n) is 10.6. The van der Waals surface area contributed by atoms with Crippen molar-refractivity contribution < 1.29 is 19.1 Å². The SMILES string of the molecule is CC(=O)c1cccc(N2Cc3ccccc3C2=NC(=O)C(C#N)=Cc2ccc3c(c2)OCO3)c1. The van der Waals surface area contributed by atoms with Crippen LogP contribution in [0.15, 0.2) is 77.3 Å². The van der Waals surface area contributed by atoms with Crippen molar-refractivity contribution in [3.8, 4) is 17.6 Å². The van der Waals surface area contributed by atoms with Gasteiger partial charge >= 0.3 is 0 Å². The highest BCUT2D eigenvalue weighted by atomic mass is 16.7. The molecular formula is C27H19N3O4. The van der Waals surface area contributed by atoms with E-state index in [2.05, 4.69) is 4.99 Å². The molecule has 0 bridgehead atoms. The molecule has 0 spiro atoms. The Bertz CT molecular complexity index is 1430. The summed E-state index contributed by atoms with van der Waals surface area (Å²) in [5, 5.41) is 9.69. The molecule has 0 aromatic heterocycles. The molecule has 0 saturated carbocycles. The Kier molecular flexibility index (Phi) is 5.40. The number of fused-ring (bicyclic) bond motifs is 2. The molecule has 0 radical (unpaired) electrons. The van der Waals surface area contributed by atoms with Gasteiger partial charge in [0.2, 0.25) is 6.79 Å². The number of nitriles is 1. The van der Waals surface area contributed by atoms with E-state index in [0.717, 1.165) is 16.8 Å². The second kappa shape index (κ2) is 8.68. The summed E-state index contributed by atoms with van der Waals surface area (Å²) < 4.78 is 10.7. The summed E-state index contributed by atoms with van der Waals surface area (Å²) in [5.74, 6) is 0.915. The van der Waals surface area contributed by atoms with E-state index in [9.17, 15) is 14.9 Å². The molecule has 2 heterocycles. The Labute approximate surface area is 196 Å². The predicted molar refractivity (Wildman–Crippen MR) is 127 cm³/mol. The summed E-state index contributed by atoms with van der Waals surface area (Å²) in [5.41, 5.74) is 3.65. The van der Waals surface area contributed by atoms with Gasteiger partial charge in [-0.25, -0.2) is 0 Å². The zero-order chi connectivity index (χ0) is 23.7. The third-order valence-electron chi connectivity index (χ3n) is 5.67. The van der Waals surface area contributed by atoms with Crippen LogP contribution in [0.5, 0.6) is 11.5 Å². The highest BCUT2D eigenvalue weighted by Crippen LogP contribution is 2.33. The average Bonchev–Trinajstić information content (AvgIpc) is 3.47. The lowest BCUT2D eigenvalue weighted by atomic mass is 10.1. The molecule has 0 unspecified atom stereocenters. The number of anilines is 1. The van der Waals surface area contributed by atoms with Crippen LogP contribution >= 0.6 is 0 Å². The number of rotatable bonds is 4. The lowest BCUT2D eigenvalue weighted by Crippen LogP contribution is -2.25. The van der Waals surface area contributed by atoms with E-state index >= 15 is 0 Å². The number of amides is 1. The molecule has 34 heavy (non-hydrogen) atoms. The topological polar surface area (TPSA) is 92.0 Å². The van der Waals surface area contributed by atoms with Crippen molar-refractivity contribution >= 4 is 29.3 Å². The highest BCUT2D eigenvalue weighted by molar-refractivity contribution is 6.20. The third kappa shape index (κ3) is 3.93. The maximum atomic E-state index is 13.1. The molecule has 0 aliphatic carbocycles. The van der Waals surface area contributed by atoms with Crippen LogP contribution in [0.1, 0.15) is 34.0 Å². The van der Waals surface area contributed by atoms with Crippen molar-refractivity contribution in [2.45, 2.75) is 13.5 Å². The van der Waals surface area contributed by atoms with Crippen molar-refractivity contribution in [2.24, 2.45) is 4.99 Å². The van der Waals surface area contributed by atoms with Crippen molar-refractivity contribution in [1.29, 1.82) is 5.26 Å². The predicted octanol–water partition coefficient (Wildman–Crippen LogP) is 4.52. The number of ketones is 1. The number of aliphatic imine (C=N–C) groups is 1. The number of Topliss-reactive ketones (excluding diaryl/α,β-unsaturated/α-hetero) is 1. The normalized spacial score (nSPS) is 15.2. The number of carbonyl (C=O) groups is 2. The van der Waals surface area contributed by atoms with Crippen molar-refractivity contribution in [2.75, 3.05) is 11.7 Å². The number of nitrogens with zero attached hydrogens (tertiary/aromatic N) is 3. The summed E-state index contributed by atoms with van der Waals surface area (Å²) in [4.78, 5) is 31.3. The van der Waals surface area contributed by atoms with Crippen LogP contribution in [0, 0.1) is 11.3 Å². The van der Waals surface area contributed by atoms with Gasteiger partial charge in [0.1, 0.15) is 17.5 Å². The van der Waals surface area contributed by atoms with Gasteiger partial charge in [-0.1, -0.05) is 42.5 Å². The number of ether oxygens (including phenoxy) is 2. The minimum atomic E-state index is -0.653. The van der Waals surface area contributed by atoms with E-state index in [1.165, 1.54) is 13.0 Å². The molecule has 7 heteroatoms. The van der Waals surface area contributed by atoms with Crippen LogP contribution < -0.4 is 14.4 Å². The zero-order valence-corrected chi connectivity index (χ0v) is 18.3. The van der Waals surface area contributed by atoms with Crippen LogP contribution in [0.4, 0.5) is 5.69 Å². The molecule has 0 fully saturated rings. The standard InChI is InChI=1S/C27H19N3O4/c1-17(31)19-6-4-7-22(13-19)30-15-20-5-2-3-8-23(20)26(30)29-27(32)21(14-28)11-18-9-10-24-25(12-18)34-16-33-24/h2-13H,15-16H2,1H3. The average molecular weight is 449 g/mol. The zero-order valence-electron chi connectivity index (χ0n) is 18.3. The Morgan fingerprint density at radius 1 is 1.03 bits per heavy atom. The van der Waals surface area contributed by atoms with Crippen LogP contribution in [0.3, 0.4) is 0 Å². The molecular weight excluding hydrogens is 430 g/mol. The van der Waals surface area contributed by atoms with Gasteiger partial charge in [0.15, 0.2) is 17.3 Å². The number of amidine groups is 1. The minimum Gasteiger partial charge on any atom is -0.454 e. The van der Waals surface area contributed by atoms with E-state index in [-0.39, 0.29) is 18.1 Å². The van der Waals surface area contributed by atoms with Gasteiger partial charge in [-0.3, -0.25) is 9.59 Å². The van der Waals surface area contributed by atoms with Crippen LogP contribution in [0.2, 0.25) is 0 Å². The van der Waals surface area contributed by atoms with E-state index in [1.807, 2.05) is 41.3 Å².